The molecule has 0 fully saturated rings. The number of benzene rings is 2. The summed E-state index contributed by atoms with van der Waals surface area (Å²) in [6, 6.07) is 16.2. The Kier molecular flexibility index (Phi) is 5.45. The van der Waals surface area contributed by atoms with Crippen LogP contribution in [-0.4, -0.2) is 24.1 Å². The molecule has 4 N–H and O–H groups in total. The van der Waals surface area contributed by atoms with E-state index < -0.39 is 6.03 Å². The van der Waals surface area contributed by atoms with Crippen molar-refractivity contribution in [3.05, 3.63) is 60.0 Å². The molecule has 3 aromatic rings. The average molecular weight is 367 g/mol. The highest BCUT2D eigenvalue weighted by Gasteiger charge is 2.10. The summed E-state index contributed by atoms with van der Waals surface area (Å²) in [5, 5.41) is 18.1. The molecule has 7 nitrogen and oxygen atoms in total. The highest BCUT2D eigenvalue weighted by molar-refractivity contribution is 7.14. The van der Waals surface area contributed by atoms with Crippen molar-refractivity contribution in [3.8, 4) is 17.0 Å². The first kappa shape index (κ1) is 17.4. The van der Waals surface area contributed by atoms with E-state index in [4.69, 9.17) is 10.1 Å². The Morgan fingerprint density at radius 1 is 1.08 bits per heavy atom. The summed E-state index contributed by atoms with van der Waals surface area (Å²) >= 11 is 1.36. The van der Waals surface area contributed by atoms with E-state index in [-0.39, 0.29) is 5.96 Å². The Balaban J connectivity index is 1.57. The smallest absolute Gasteiger partial charge is 0.326 e. The predicted molar refractivity (Wildman–Crippen MR) is 104 cm³/mol. The number of thiazole rings is 1. The third kappa shape index (κ3) is 4.37. The quantitative estimate of drug-likeness (QED) is 0.414. The molecule has 0 aliphatic carbocycles. The summed E-state index contributed by atoms with van der Waals surface area (Å²) in [6.45, 7) is 0. The van der Waals surface area contributed by atoms with Gasteiger partial charge in [0.2, 0.25) is 5.96 Å². The number of guanidine groups is 1. The van der Waals surface area contributed by atoms with Crippen LogP contribution in [-0.2, 0) is 0 Å². The molecule has 0 aliphatic heterocycles. The third-order valence-corrected chi connectivity index (χ3v) is 4.16. The molecule has 0 atom stereocenters. The van der Waals surface area contributed by atoms with E-state index in [1.165, 1.54) is 18.4 Å². The lowest BCUT2D eigenvalue weighted by molar-refractivity contribution is 0.256. The number of anilines is 2. The Hall–Kier alpha value is -3.39. The van der Waals surface area contributed by atoms with Gasteiger partial charge in [-0.2, -0.15) is 0 Å². The van der Waals surface area contributed by atoms with Crippen LogP contribution in [0.15, 0.2) is 60.0 Å². The van der Waals surface area contributed by atoms with Crippen molar-refractivity contribution in [2.75, 3.05) is 17.7 Å². The predicted octanol–water partition coefficient (Wildman–Crippen LogP) is 3.99. The molecule has 0 unspecified atom stereocenters. The van der Waals surface area contributed by atoms with Crippen LogP contribution in [0.2, 0.25) is 0 Å². The molecule has 0 saturated carbocycles. The molecule has 0 aliphatic rings. The average Bonchev–Trinajstić information content (AvgIpc) is 3.11. The first-order valence-corrected chi connectivity index (χ1v) is 8.61. The van der Waals surface area contributed by atoms with E-state index in [1.807, 2.05) is 35.7 Å². The zero-order valence-electron chi connectivity index (χ0n) is 13.9. The number of aromatic nitrogens is 1. The molecule has 8 heteroatoms. The van der Waals surface area contributed by atoms with Crippen LogP contribution in [0.4, 0.5) is 15.6 Å². The van der Waals surface area contributed by atoms with Gasteiger partial charge < -0.3 is 15.4 Å². The van der Waals surface area contributed by atoms with Gasteiger partial charge in [-0.15, -0.1) is 11.3 Å². The van der Waals surface area contributed by atoms with Gasteiger partial charge in [0.1, 0.15) is 5.75 Å². The van der Waals surface area contributed by atoms with E-state index in [0.29, 0.717) is 16.6 Å². The molecule has 1 aromatic heterocycles. The number of methoxy groups -OCH3 is 1. The SMILES string of the molecule is COc1ccccc1NC(=O)NC(=N)Nc1nc(-c2ccccc2)cs1. The number of urea groups is 1. The van der Waals surface area contributed by atoms with Gasteiger partial charge in [0.25, 0.3) is 0 Å². The molecule has 2 amide bonds. The van der Waals surface area contributed by atoms with E-state index in [2.05, 4.69) is 20.9 Å². The van der Waals surface area contributed by atoms with Crippen molar-refractivity contribution in [2.45, 2.75) is 0 Å². The van der Waals surface area contributed by atoms with Gasteiger partial charge in [-0.05, 0) is 12.1 Å². The van der Waals surface area contributed by atoms with Crippen LogP contribution in [0.5, 0.6) is 5.75 Å². The molecule has 2 aromatic carbocycles. The lowest BCUT2D eigenvalue weighted by atomic mass is 10.2. The second-order valence-electron chi connectivity index (χ2n) is 5.18. The maximum atomic E-state index is 12.0. The van der Waals surface area contributed by atoms with E-state index in [1.54, 1.807) is 24.3 Å². The maximum absolute atomic E-state index is 12.0. The fourth-order valence-electron chi connectivity index (χ4n) is 2.23. The molecule has 26 heavy (non-hydrogen) atoms. The van der Waals surface area contributed by atoms with Crippen molar-refractivity contribution < 1.29 is 9.53 Å². The van der Waals surface area contributed by atoms with Crippen LogP contribution < -0.4 is 20.7 Å². The molecule has 1 heterocycles. The number of rotatable bonds is 4. The Morgan fingerprint density at radius 2 is 1.81 bits per heavy atom. The summed E-state index contributed by atoms with van der Waals surface area (Å²) in [5.74, 6) is 0.362. The second kappa shape index (κ2) is 8.13. The first-order chi connectivity index (χ1) is 12.7. The molecule has 0 spiro atoms. The van der Waals surface area contributed by atoms with Crippen molar-refractivity contribution in [1.29, 1.82) is 5.41 Å². The molecular weight excluding hydrogens is 350 g/mol. The lowest BCUT2D eigenvalue weighted by Gasteiger charge is -2.11. The fraction of sp³-hybridized carbons (Fsp3) is 0.0556. The minimum Gasteiger partial charge on any atom is -0.495 e. The van der Waals surface area contributed by atoms with E-state index >= 15 is 0 Å². The van der Waals surface area contributed by atoms with Gasteiger partial charge in [-0.25, -0.2) is 9.78 Å². The van der Waals surface area contributed by atoms with Crippen LogP contribution in [0.1, 0.15) is 0 Å². The Morgan fingerprint density at radius 3 is 2.58 bits per heavy atom. The highest BCUT2D eigenvalue weighted by atomic mass is 32.1. The first-order valence-electron chi connectivity index (χ1n) is 7.73. The monoisotopic (exact) mass is 367 g/mol. The number of nitrogens with zero attached hydrogens (tertiary/aromatic N) is 1. The van der Waals surface area contributed by atoms with Crippen LogP contribution in [0.25, 0.3) is 11.3 Å². The van der Waals surface area contributed by atoms with Gasteiger partial charge in [0.15, 0.2) is 5.13 Å². The fourth-order valence-corrected chi connectivity index (χ4v) is 2.95. The third-order valence-electron chi connectivity index (χ3n) is 3.40. The summed E-state index contributed by atoms with van der Waals surface area (Å²) in [6.07, 6.45) is 0. The number of hydrogen-bond acceptors (Lipinski definition) is 5. The number of ether oxygens (including phenoxy) is 1. The van der Waals surface area contributed by atoms with Crippen molar-refractivity contribution in [2.24, 2.45) is 0 Å². The summed E-state index contributed by atoms with van der Waals surface area (Å²) in [7, 11) is 1.52. The van der Waals surface area contributed by atoms with Crippen molar-refractivity contribution in [3.63, 3.8) is 0 Å². The van der Waals surface area contributed by atoms with Crippen LogP contribution >= 0.6 is 11.3 Å². The zero-order valence-corrected chi connectivity index (χ0v) is 14.8. The molecule has 132 valence electrons. The maximum Gasteiger partial charge on any atom is 0.326 e. The largest absolute Gasteiger partial charge is 0.495 e. The van der Waals surface area contributed by atoms with E-state index in [9.17, 15) is 4.79 Å². The standard InChI is InChI=1S/C18H17N5O2S/c1-25-15-10-6-5-9-13(15)20-17(24)22-16(19)23-18-21-14(11-26-18)12-7-3-2-4-8-12/h2-11H,1H3,(H4,19,20,21,22,23,24). The normalized spacial score (nSPS) is 10.0. The highest BCUT2D eigenvalue weighted by Crippen LogP contribution is 2.24. The minimum absolute atomic E-state index is 0.175. The topological polar surface area (TPSA) is 99.1 Å². The Bertz CT molecular complexity index is 911. The number of amides is 2. The number of nitrogens with one attached hydrogen (secondary N) is 4. The molecular formula is C18H17N5O2S. The summed E-state index contributed by atoms with van der Waals surface area (Å²) in [5.41, 5.74) is 2.32. The van der Waals surface area contributed by atoms with Crippen molar-refractivity contribution >= 4 is 34.1 Å². The minimum atomic E-state index is -0.549. The zero-order chi connectivity index (χ0) is 18.4. The summed E-state index contributed by atoms with van der Waals surface area (Å²) in [4.78, 5) is 16.4. The van der Waals surface area contributed by atoms with Gasteiger partial charge >= 0.3 is 6.03 Å². The second-order valence-corrected chi connectivity index (χ2v) is 6.04. The van der Waals surface area contributed by atoms with Crippen molar-refractivity contribution in [1.82, 2.24) is 10.3 Å². The molecule has 0 radical (unpaired) electrons. The molecule has 0 saturated heterocycles. The molecule has 0 bridgehead atoms. The number of hydrogen-bond donors (Lipinski definition) is 4. The number of para-hydroxylation sites is 2. The molecule has 3 rings (SSSR count). The lowest BCUT2D eigenvalue weighted by Crippen LogP contribution is -2.38. The van der Waals surface area contributed by atoms with Crippen LogP contribution in [0, 0.1) is 5.41 Å². The number of carbonyl (C=O) groups excluding carboxylic acids is 1. The number of carbonyl (C=O) groups is 1. The van der Waals surface area contributed by atoms with Gasteiger partial charge in [0, 0.05) is 10.9 Å². The van der Waals surface area contributed by atoms with Gasteiger partial charge in [-0.3, -0.25) is 10.7 Å². The van der Waals surface area contributed by atoms with Gasteiger partial charge in [0.05, 0.1) is 18.5 Å². The Labute approximate surface area is 154 Å². The summed E-state index contributed by atoms with van der Waals surface area (Å²) < 4.78 is 5.17. The van der Waals surface area contributed by atoms with Gasteiger partial charge in [-0.1, -0.05) is 42.5 Å². The van der Waals surface area contributed by atoms with E-state index in [0.717, 1.165) is 11.3 Å². The van der Waals surface area contributed by atoms with Crippen LogP contribution in [0.3, 0.4) is 0 Å².